The Hall–Kier alpha value is -3.73. The fourth-order valence-corrected chi connectivity index (χ4v) is 5.71. The summed E-state index contributed by atoms with van der Waals surface area (Å²) in [6.45, 7) is 0. The van der Waals surface area contributed by atoms with Crippen LogP contribution in [0.4, 0.5) is 5.69 Å². The molecule has 0 fully saturated rings. The topological polar surface area (TPSA) is 103 Å². The van der Waals surface area contributed by atoms with Crippen LogP contribution in [0.25, 0.3) is 16.2 Å². The third-order valence-corrected chi connectivity index (χ3v) is 8.12. The molecule has 0 bridgehead atoms. The van der Waals surface area contributed by atoms with E-state index in [1.54, 1.807) is 22.0 Å². The number of carbonyl (C=O) groups excluding carboxylic acids is 1. The van der Waals surface area contributed by atoms with Gasteiger partial charge in [0, 0.05) is 23.0 Å². The lowest BCUT2D eigenvalue weighted by atomic mass is 10.2. The van der Waals surface area contributed by atoms with E-state index in [0.29, 0.717) is 10.7 Å². The van der Waals surface area contributed by atoms with Crippen molar-refractivity contribution >= 4 is 50.0 Å². The minimum absolute atomic E-state index is 0.0348. The van der Waals surface area contributed by atoms with Crippen molar-refractivity contribution in [2.24, 2.45) is 0 Å². The number of nitrogens with one attached hydrogen (secondary N) is 1. The van der Waals surface area contributed by atoms with Crippen LogP contribution in [0.5, 0.6) is 5.75 Å². The van der Waals surface area contributed by atoms with Crippen molar-refractivity contribution in [3.05, 3.63) is 89.0 Å². The standard InChI is InChI=1S/C24H17ClN4O4S2/c1-33-17-11-16(12-19(13-17)35(31,32)18-6-4-15(25)5-7-18)28-24(30)20-14-27-29-21(8-9-26-23(20)29)22-3-2-10-34-22/h2-14H,1H3,(H,28,30). The van der Waals surface area contributed by atoms with E-state index in [0.717, 1.165) is 10.6 Å². The lowest BCUT2D eigenvalue weighted by molar-refractivity contribution is 0.102. The smallest absolute Gasteiger partial charge is 0.261 e. The van der Waals surface area contributed by atoms with E-state index in [1.165, 1.54) is 55.8 Å². The first-order valence-corrected chi connectivity index (χ1v) is 13.0. The number of halogens is 1. The SMILES string of the molecule is COc1cc(NC(=O)c2cnn3c(-c4cccs4)ccnc23)cc(S(=O)(=O)c2ccc(Cl)cc2)c1. The molecule has 5 rings (SSSR count). The summed E-state index contributed by atoms with van der Waals surface area (Å²) in [5, 5.41) is 9.46. The van der Waals surface area contributed by atoms with Gasteiger partial charge in [-0.05, 0) is 53.9 Å². The lowest BCUT2D eigenvalue weighted by Crippen LogP contribution is -2.13. The quantitative estimate of drug-likeness (QED) is 0.327. The Balaban J connectivity index is 1.50. The van der Waals surface area contributed by atoms with Crippen LogP contribution < -0.4 is 10.1 Å². The van der Waals surface area contributed by atoms with Gasteiger partial charge in [-0.15, -0.1) is 11.3 Å². The zero-order valence-corrected chi connectivity index (χ0v) is 20.6. The van der Waals surface area contributed by atoms with Gasteiger partial charge >= 0.3 is 0 Å². The van der Waals surface area contributed by atoms with Gasteiger partial charge in [-0.3, -0.25) is 4.79 Å². The van der Waals surface area contributed by atoms with Crippen molar-refractivity contribution < 1.29 is 17.9 Å². The molecule has 3 aromatic heterocycles. The Morgan fingerprint density at radius 3 is 2.60 bits per heavy atom. The van der Waals surface area contributed by atoms with E-state index in [1.807, 2.05) is 23.6 Å². The fraction of sp³-hybridized carbons (Fsp3) is 0.0417. The number of anilines is 1. The average molecular weight is 525 g/mol. The van der Waals surface area contributed by atoms with Crippen molar-refractivity contribution in [2.45, 2.75) is 9.79 Å². The fourth-order valence-electron chi connectivity index (χ4n) is 3.53. The van der Waals surface area contributed by atoms with E-state index in [9.17, 15) is 13.2 Å². The molecule has 8 nitrogen and oxygen atoms in total. The van der Waals surface area contributed by atoms with Crippen molar-refractivity contribution in [3.63, 3.8) is 0 Å². The zero-order valence-electron chi connectivity index (χ0n) is 18.2. The number of thiophene rings is 1. The average Bonchev–Trinajstić information content (AvgIpc) is 3.54. The maximum Gasteiger partial charge on any atom is 0.261 e. The first-order valence-electron chi connectivity index (χ1n) is 10.2. The molecular formula is C24H17ClN4O4S2. The maximum absolute atomic E-state index is 13.2. The van der Waals surface area contributed by atoms with Crippen LogP contribution in [0, 0.1) is 0 Å². The van der Waals surface area contributed by atoms with E-state index >= 15 is 0 Å². The highest BCUT2D eigenvalue weighted by Gasteiger charge is 2.21. The number of rotatable bonds is 6. The molecule has 0 saturated carbocycles. The van der Waals surface area contributed by atoms with Gasteiger partial charge in [0.15, 0.2) is 5.65 Å². The summed E-state index contributed by atoms with van der Waals surface area (Å²) in [6, 6.07) is 15.9. The number of amides is 1. The summed E-state index contributed by atoms with van der Waals surface area (Å²) in [4.78, 5) is 18.5. The van der Waals surface area contributed by atoms with E-state index in [-0.39, 0.29) is 26.8 Å². The van der Waals surface area contributed by atoms with Crippen molar-refractivity contribution in [2.75, 3.05) is 12.4 Å². The van der Waals surface area contributed by atoms with Crippen molar-refractivity contribution in [1.82, 2.24) is 14.6 Å². The first kappa shape index (κ1) is 23.0. The Kier molecular flexibility index (Phi) is 6.01. The molecule has 0 saturated heterocycles. The number of nitrogens with zero attached hydrogens (tertiary/aromatic N) is 3. The Labute approximate surface area is 209 Å². The normalized spacial score (nSPS) is 11.5. The highest BCUT2D eigenvalue weighted by molar-refractivity contribution is 7.91. The molecule has 0 aliphatic rings. The van der Waals surface area contributed by atoms with Crippen LogP contribution in [0.15, 0.2) is 88.2 Å². The largest absolute Gasteiger partial charge is 0.497 e. The minimum atomic E-state index is -3.88. The van der Waals surface area contributed by atoms with Gasteiger partial charge < -0.3 is 10.1 Å². The van der Waals surface area contributed by atoms with Gasteiger partial charge in [-0.2, -0.15) is 5.10 Å². The number of hydrogen-bond acceptors (Lipinski definition) is 7. The van der Waals surface area contributed by atoms with Crippen molar-refractivity contribution in [1.29, 1.82) is 0 Å². The number of sulfone groups is 1. The summed E-state index contributed by atoms with van der Waals surface area (Å²) in [7, 11) is -2.47. The first-order chi connectivity index (χ1) is 16.9. The zero-order chi connectivity index (χ0) is 24.6. The molecule has 0 atom stereocenters. The number of methoxy groups -OCH3 is 1. The van der Waals surface area contributed by atoms with Crippen LogP contribution in [0.1, 0.15) is 10.4 Å². The molecule has 0 aliphatic carbocycles. The van der Waals surface area contributed by atoms with Crippen LogP contribution in [0.3, 0.4) is 0 Å². The van der Waals surface area contributed by atoms with E-state index in [2.05, 4.69) is 15.4 Å². The Morgan fingerprint density at radius 1 is 1.09 bits per heavy atom. The van der Waals surface area contributed by atoms with Gasteiger partial charge in [0.25, 0.3) is 5.91 Å². The number of ether oxygens (including phenoxy) is 1. The summed E-state index contributed by atoms with van der Waals surface area (Å²) >= 11 is 7.44. The predicted octanol–water partition coefficient (Wildman–Crippen LogP) is 5.20. The summed E-state index contributed by atoms with van der Waals surface area (Å²) in [6.07, 6.45) is 3.05. The number of fused-ring (bicyclic) bond motifs is 1. The molecule has 1 amide bonds. The molecule has 0 radical (unpaired) electrons. The maximum atomic E-state index is 13.2. The van der Waals surface area contributed by atoms with Crippen LogP contribution >= 0.6 is 22.9 Å². The molecule has 0 spiro atoms. The van der Waals surface area contributed by atoms with Gasteiger partial charge in [-0.25, -0.2) is 17.9 Å². The number of benzene rings is 2. The molecule has 176 valence electrons. The second-order valence-corrected chi connectivity index (χ2v) is 10.7. The molecular weight excluding hydrogens is 508 g/mol. The van der Waals surface area contributed by atoms with E-state index in [4.69, 9.17) is 16.3 Å². The molecule has 0 aliphatic heterocycles. The van der Waals surface area contributed by atoms with Crippen LogP contribution in [-0.4, -0.2) is 36.0 Å². The monoisotopic (exact) mass is 524 g/mol. The minimum Gasteiger partial charge on any atom is -0.497 e. The van der Waals surface area contributed by atoms with Crippen LogP contribution in [0.2, 0.25) is 5.02 Å². The Bertz CT molecular complexity index is 1650. The van der Waals surface area contributed by atoms with Gasteiger partial charge in [-0.1, -0.05) is 17.7 Å². The highest BCUT2D eigenvalue weighted by atomic mass is 35.5. The van der Waals surface area contributed by atoms with Gasteiger partial charge in [0.05, 0.1) is 33.7 Å². The summed E-state index contributed by atoms with van der Waals surface area (Å²) in [5.41, 5.74) is 1.68. The molecule has 35 heavy (non-hydrogen) atoms. The van der Waals surface area contributed by atoms with Crippen LogP contribution in [-0.2, 0) is 9.84 Å². The predicted molar refractivity (Wildman–Crippen MR) is 134 cm³/mol. The summed E-state index contributed by atoms with van der Waals surface area (Å²) < 4.78 is 33.2. The van der Waals surface area contributed by atoms with Gasteiger partial charge in [0.2, 0.25) is 9.84 Å². The van der Waals surface area contributed by atoms with E-state index < -0.39 is 15.7 Å². The third kappa shape index (κ3) is 4.39. The molecule has 2 aromatic carbocycles. The Morgan fingerprint density at radius 2 is 1.89 bits per heavy atom. The summed E-state index contributed by atoms with van der Waals surface area (Å²) in [5.74, 6) is -0.216. The second kappa shape index (κ2) is 9.14. The molecule has 3 heterocycles. The number of hydrogen-bond donors (Lipinski definition) is 1. The lowest BCUT2D eigenvalue weighted by Gasteiger charge is -2.11. The second-order valence-electron chi connectivity index (χ2n) is 7.41. The van der Waals surface area contributed by atoms with Crippen molar-refractivity contribution in [3.8, 4) is 16.3 Å². The molecule has 5 aromatic rings. The molecule has 11 heteroatoms. The number of carbonyl (C=O) groups is 1. The highest BCUT2D eigenvalue weighted by Crippen LogP contribution is 2.30. The van der Waals surface area contributed by atoms with Gasteiger partial charge in [0.1, 0.15) is 11.3 Å². The molecule has 1 N–H and O–H groups in total. The number of aromatic nitrogens is 3. The molecule has 0 unspecified atom stereocenters. The third-order valence-electron chi connectivity index (χ3n) is 5.23.